The number of anilines is 1. The van der Waals surface area contributed by atoms with Crippen LogP contribution in [0.1, 0.15) is 19.9 Å². The van der Waals surface area contributed by atoms with Crippen LogP contribution in [0.5, 0.6) is 0 Å². The monoisotopic (exact) mass is 268 g/mol. The lowest BCUT2D eigenvalue weighted by atomic mass is 10.3. The van der Waals surface area contributed by atoms with Crippen molar-refractivity contribution in [2.75, 3.05) is 25.0 Å². The fraction of sp³-hybridized carbons (Fsp3) is 0.667. The number of amides is 1. The van der Waals surface area contributed by atoms with Gasteiger partial charge in [0.2, 0.25) is 5.91 Å². The summed E-state index contributed by atoms with van der Waals surface area (Å²) in [4.78, 5) is 13.6. The van der Waals surface area contributed by atoms with Gasteiger partial charge in [-0.15, -0.1) is 0 Å². The summed E-state index contributed by atoms with van der Waals surface area (Å²) in [5, 5.41) is 25.8. The summed E-state index contributed by atoms with van der Waals surface area (Å²) in [5.41, 5.74) is 0. The van der Waals surface area contributed by atoms with E-state index in [1.807, 2.05) is 13.8 Å². The molecule has 2 rings (SSSR count). The molecule has 0 bridgehead atoms. The Balaban J connectivity index is 1.89. The van der Waals surface area contributed by atoms with Crippen LogP contribution in [-0.4, -0.2) is 62.6 Å². The standard InChI is InChI=1S/C12H20N4O3/c1-8(2)16-11(3-4-13-16)14-12(19)7-15-5-9(17)10(18)6-15/h3-4,8-10,17-18H,5-7H2,1-2H3,(H,14,19). The Morgan fingerprint density at radius 2 is 2.11 bits per heavy atom. The first-order valence-electron chi connectivity index (χ1n) is 6.39. The molecule has 1 amide bonds. The van der Waals surface area contributed by atoms with Crippen molar-refractivity contribution in [1.29, 1.82) is 0 Å². The van der Waals surface area contributed by atoms with Crippen LogP contribution < -0.4 is 5.32 Å². The van der Waals surface area contributed by atoms with Crippen LogP contribution in [0.25, 0.3) is 0 Å². The molecule has 0 aliphatic carbocycles. The molecule has 0 saturated carbocycles. The number of aliphatic hydroxyl groups is 2. The van der Waals surface area contributed by atoms with Crippen molar-refractivity contribution in [3.63, 3.8) is 0 Å². The summed E-state index contributed by atoms with van der Waals surface area (Å²) < 4.78 is 1.73. The molecular weight excluding hydrogens is 248 g/mol. The smallest absolute Gasteiger partial charge is 0.239 e. The number of nitrogens with one attached hydrogen (secondary N) is 1. The van der Waals surface area contributed by atoms with Gasteiger partial charge in [0.05, 0.1) is 24.9 Å². The number of carbonyl (C=O) groups is 1. The van der Waals surface area contributed by atoms with Crippen LogP contribution in [0.2, 0.25) is 0 Å². The third-order valence-electron chi connectivity index (χ3n) is 3.13. The first-order valence-corrected chi connectivity index (χ1v) is 6.39. The van der Waals surface area contributed by atoms with Gasteiger partial charge in [-0.05, 0) is 13.8 Å². The zero-order valence-corrected chi connectivity index (χ0v) is 11.2. The maximum absolute atomic E-state index is 11.9. The molecule has 2 atom stereocenters. The van der Waals surface area contributed by atoms with E-state index in [2.05, 4.69) is 10.4 Å². The van der Waals surface area contributed by atoms with Gasteiger partial charge in [0.25, 0.3) is 0 Å². The minimum absolute atomic E-state index is 0.150. The summed E-state index contributed by atoms with van der Waals surface area (Å²) >= 11 is 0. The lowest BCUT2D eigenvalue weighted by molar-refractivity contribution is -0.117. The molecular formula is C12H20N4O3. The van der Waals surface area contributed by atoms with E-state index in [9.17, 15) is 15.0 Å². The minimum Gasteiger partial charge on any atom is -0.389 e. The van der Waals surface area contributed by atoms with Crippen LogP contribution >= 0.6 is 0 Å². The van der Waals surface area contributed by atoms with Gasteiger partial charge < -0.3 is 15.5 Å². The van der Waals surface area contributed by atoms with Gasteiger partial charge in [-0.2, -0.15) is 5.10 Å². The molecule has 1 aromatic rings. The number of carbonyl (C=O) groups excluding carboxylic acids is 1. The van der Waals surface area contributed by atoms with Crippen molar-refractivity contribution in [1.82, 2.24) is 14.7 Å². The van der Waals surface area contributed by atoms with E-state index >= 15 is 0 Å². The molecule has 19 heavy (non-hydrogen) atoms. The summed E-state index contributed by atoms with van der Waals surface area (Å²) in [6.07, 6.45) is 0.0990. The summed E-state index contributed by atoms with van der Waals surface area (Å²) in [7, 11) is 0. The normalized spacial score (nSPS) is 24.1. The number of rotatable bonds is 4. The average molecular weight is 268 g/mol. The Bertz CT molecular complexity index is 436. The van der Waals surface area contributed by atoms with E-state index in [4.69, 9.17) is 0 Å². The summed E-state index contributed by atoms with van der Waals surface area (Å²) in [6.45, 7) is 4.75. The molecule has 2 unspecified atom stereocenters. The van der Waals surface area contributed by atoms with Gasteiger partial charge in [-0.25, -0.2) is 4.68 Å². The number of nitrogens with zero attached hydrogens (tertiary/aromatic N) is 3. The third kappa shape index (κ3) is 3.31. The molecule has 0 radical (unpaired) electrons. The number of aliphatic hydroxyl groups excluding tert-OH is 2. The number of hydrogen-bond acceptors (Lipinski definition) is 5. The Kier molecular flexibility index (Phi) is 4.18. The molecule has 106 valence electrons. The molecule has 1 aliphatic heterocycles. The number of likely N-dealkylation sites (tertiary alicyclic amines) is 1. The summed E-state index contributed by atoms with van der Waals surface area (Å²) in [6, 6.07) is 1.91. The maximum atomic E-state index is 11.9. The van der Waals surface area contributed by atoms with Crippen molar-refractivity contribution in [2.24, 2.45) is 0 Å². The fourth-order valence-corrected chi connectivity index (χ4v) is 2.19. The van der Waals surface area contributed by atoms with Gasteiger partial charge in [-0.1, -0.05) is 0 Å². The molecule has 2 heterocycles. The van der Waals surface area contributed by atoms with E-state index in [-0.39, 0.29) is 18.5 Å². The Hall–Kier alpha value is -1.44. The van der Waals surface area contributed by atoms with Crippen molar-refractivity contribution >= 4 is 11.7 Å². The van der Waals surface area contributed by atoms with E-state index in [0.717, 1.165) is 0 Å². The second-order valence-electron chi connectivity index (χ2n) is 5.13. The molecule has 1 aromatic heterocycles. The van der Waals surface area contributed by atoms with Crippen molar-refractivity contribution in [3.05, 3.63) is 12.3 Å². The van der Waals surface area contributed by atoms with Crippen LogP contribution in [0.4, 0.5) is 5.82 Å². The minimum atomic E-state index is -0.769. The van der Waals surface area contributed by atoms with Gasteiger partial charge in [0.15, 0.2) is 0 Å². The average Bonchev–Trinajstić information content (AvgIpc) is 2.87. The molecule has 3 N–H and O–H groups in total. The number of β-amino-alcohol motifs (C(OH)–C–C–N with tert-alkyl or cyclic N) is 2. The Labute approximate surface area is 111 Å². The lowest BCUT2D eigenvalue weighted by Crippen LogP contribution is -2.33. The highest BCUT2D eigenvalue weighted by Crippen LogP contribution is 2.14. The highest BCUT2D eigenvalue weighted by Gasteiger charge is 2.30. The molecule has 7 heteroatoms. The molecule has 0 spiro atoms. The van der Waals surface area contributed by atoms with Gasteiger partial charge in [0.1, 0.15) is 5.82 Å². The quantitative estimate of drug-likeness (QED) is 0.681. The van der Waals surface area contributed by atoms with E-state index in [0.29, 0.717) is 18.9 Å². The van der Waals surface area contributed by atoms with Gasteiger partial charge in [0, 0.05) is 25.2 Å². The van der Waals surface area contributed by atoms with Crippen LogP contribution in [0, 0.1) is 0 Å². The maximum Gasteiger partial charge on any atom is 0.239 e. The first-order chi connectivity index (χ1) is 8.97. The number of hydrogen-bond donors (Lipinski definition) is 3. The molecule has 0 aromatic carbocycles. The second kappa shape index (κ2) is 5.68. The molecule has 1 saturated heterocycles. The Morgan fingerprint density at radius 3 is 2.68 bits per heavy atom. The zero-order chi connectivity index (χ0) is 14.0. The predicted octanol–water partition coefficient (Wildman–Crippen LogP) is -0.560. The van der Waals surface area contributed by atoms with Gasteiger partial charge in [-0.3, -0.25) is 9.69 Å². The topological polar surface area (TPSA) is 90.6 Å². The predicted molar refractivity (Wildman–Crippen MR) is 69.7 cm³/mol. The molecule has 1 fully saturated rings. The highest BCUT2D eigenvalue weighted by molar-refractivity contribution is 5.91. The van der Waals surface area contributed by atoms with E-state index in [1.54, 1.807) is 21.8 Å². The lowest BCUT2D eigenvalue weighted by Gasteiger charge is -2.16. The Morgan fingerprint density at radius 1 is 1.47 bits per heavy atom. The largest absolute Gasteiger partial charge is 0.389 e. The third-order valence-corrected chi connectivity index (χ3v) is 3.13. The first kappa shape index (κ1) is 14.0. The highest BCUT2D eigenvalue weighted by atomic mass is 16.3. The molecule has 7 nitrogen and oxygen atoms in total. The van der Waals surface area contributed by atoms with Gasteiger partial charge >= 0.3 is 0 Å². The zero-order valence-electron chi connectivity index (χ0n) is 11.2. The number of aromatic nitrogens is 2. The fourth-order valence-electron chi connectivity index (χ4n) is 2.19. The SMILES string of the molecule is CC(C)n1nccc1NC(=O)CN1CC(O)C(O)C1. The van der Waals surface area contributed by atoms with E-state index in [1.165, 1.54) is 0 Å². The van der Waals surface area contributed by atoms with Crippen molar-refractivity contribution in [2.45, 2.75) is 32.1 Å². The van der Waals surface area contributed by atoms with Crippen molar-refractivity contribution < 1.29 is 15.0 Å². The van der Waals surface area contributed by atoms with Crippen LogP contribution in [-0.2, 0) is 4.79 Å². The van der Waals surface area contributed by atoms with Crippen LogP contribution in [0.3, 0.4) is 0 Å². The van der Waals surface area contributed by atoms with Crippen molar-refractivity contribution in [3.8, 4) is 0 Å². The summed E-state index contributed by atoms with van der Waals surface area (Å²) in [5.74, 6) is 0.476. The second-order valence-corrected chi connectivity index (χ2v) is 5.13. The van der Waals surface area contributed by atoms with Crippen LogP contribution in [0.15, 0.2) is 12.3 Å². The van der Waals surface area contributed by atoms with E-state index < -0.39 is 12.2 Å². The molecule has 1 aliphatic rings.